The number of aliphatic hydroxyl groups excluding tert-OH is 1. The zero-order valence-electron chi connectivity index (χ0n) is 16.1. The highest BCUT2D eigenvalue weighted by Crippen LogP contribution is 2.25. The van der Waals surface area contributed by atoms with Crippen molar-refractivity contribution in [2.75, 3.05) is 0 Å². The summed E-state index contributed by atoms with van der Waals surface area (Å²) in [5.41, 5.74) is 2.39. The number of benzene rings is 2. The van der Waals surface area contributed by atoms with Crippen LogP contribution in [-0.2, 0) is 11.4 Å². The topological polar surface area (TPSA) is 76.4 Å². The molecule has 2 N–H and O–H groups in total. The maximum atomic E-state index is 12.5. The van der Waals surface area contributed by atoms with Crippen molar-refractivity contribution in [3.8, 4) is 11.4 Å². The second-order valence-electron chi connectivity index (χ2n) is 6.68. The number of carbonyl (C=O) groups excluding carboxylic acids is 1. The van der Waals surface area contributed by atoms with E-state index in [1.807, 2.05) is 17.4 Å². The van der Waals surface area contributed by atoms with E-state index in [1.54, 1.807) is 41.2 Å². The molecular weight excluding hydrogens is 399 g/mol. The minimum Gasteiger partial charge on any atom is -0.484 e. The standard InChI is InChI=1S/C21H20F3N3O3/c1-3-19(13(2)26-20(29)21(22,23)24)30-17-8-9-18-15(10-17)11-25-27(18)16-6-4-14(12-28)5-7-16/h3-11,13,19,28H,1,12H2,2H3,(H,26,29)/t13-,19+/m0/s1. The van der Waals surface area contributed by atoms with Gasteiger partial charge in [0, 0.05) is 5.39 Å². The molecule has 0 aliphatic heterocycles. The SMILES string of the molecule is C=C[C@@H](Oc1ccc2c(cnn2-c2ccc(CO)cc2)c1)[C@H](C)NC(=O)C(F)(F)F. The Bertz CT molecular complexity index is 1050. The summed E-state index contributed by atoms with van der Waals surface area (Å²) in [6, 6.07) is 11.5. The van der Waals surface area contributed by atoms with Gasteiger partial charge in [0.05, 0.1) is 30.0 Å². The van der Waals surface area contributed by atoms with E-state index in [9.17, 15) is 18.0 Å². The molecule has 0 saturated heterocycles. The summed E-state index contributed by atoms with van der Waals surface area (Å²) >= 11 is 0. The molecule has 3 aromatic rings. The lowest BCUT2D eigenvalue weighted by atomic mass is 10.1. The fourth-order valence-electron chi connectivity index (χ4n) is 2.91. The van der Waals surface area contributed by atoms with Crippen molar-refractivity contribution in [1.29, 1.82) is 0 Å². The van der Waals surface area contributed by atoms with Crippen molar-refractivity contribution in [1.82, 2.24) is 15.1 Å². The van der Waals surface area contributed by atoms with Crippen LogP contribution in [0.4, 0.5) is 13.2 Å². The van der Waals surface area contributed by atoms with Gasteiger partial charge < -0.3 is 15.2 Å². The number of fused-ring (bicyclic) bond motifs is 1. The third-order valence-electron chi connectivity index (χ3n) is 4.52. The van der Waals surface area contributed by atoms with E-state index in [-0.39, 0.29) is 6.61 Å². The van der Waals surface area contributed by atoms with Crippen molar-refractivity contribution in [3.63, 3.8) is 0 Å². The molecule has 0 radical (unpaired) electrons. The summed E-state index contributed by atoms with van der Waals surface area (Å²) in [5.74, 6) is -1.63. The number of nitrogens with one attached hydrogen (secondary N) is 1. The minimum atomic E-state index is -4.97. The molecule has 1 aromatic heterocycles. The zero-order valence-corrected chi connectivity index (χ0v) is 16.1. The molecule has 0 fully saturated rings. The first kappa shape index (κ1) is 21.4. The summed E-state index contributed by atoms with van der Waals surface area (Å²) in [7, 11) is 0. The number of nitrogens with zero attached hydrogens (tertiary/aromatic N) is 2. The number of rotatable bonds is 7. The molecule has 0 bridgehead atoms. The molecule has 158 valence electrons. The van der Waals surface area contributed by atoms with E-state index < -0.39 is 24.2 Å². The maximum Gasteiger partial charge on any atom is 0.471 e. The Labute approximate surface area is 170 Å². The lowest BCUT2D eigenvalue weighted by Gasteiger charge is -2.23. The lowest BCUT2D eigenvalue weighted by molar-refractivity contribution is -0.174. The van der Waals surface area contributed by atoms with Gasteiger partial charge >= 0.3 is 12.1 Å². The summed E-state index contributed by atoms with van der Waals surface area (Å²) in [5, 5.41) is 16.1. The molecule has 0 aliphatic rings. The van der Waals surface area contributed by atoms with E-state index in [0.29, 0.717) is 5.75 Å². The van der Waals surface area contributed by atoms with E-state index in [1.165, 1.54) is 13.0 Å². The number of alkyl halides is 3. The number of carbonyl (C=O) groups is 1. The van der Waals surface area contributed by atoms with Gasteiger partial charge in [-0.3, -0.25) is 4.79 Å². The highest BCUT2D eigenvalue weighted by atomic mass is 19.4. The molecule has 0 unspecified atom stereocenters. The van der Waals surface area contributed by atoms with Crippen LogP contribution >= 0.6 is 0 Å². The Kier molecular flexibility index (Phi) is 6.12. The van der Waals surface area contributed by atoms with Crippen LogP contribution in [0.3, 0.4) is 0 Å². The van der Waals surface area contributed by atoms with Crippen molar-refractivity contribution in [2.45, 2.75) is 31.9 Å². The molecule has 6 nitrogen and oxygen atoms in total. The van der Waals surface area contributed by atoms with Gasteiger partial charge in [-0.1, -0.05) is 18.7 Å². The molecule has 1 amide bonds. The van der Waals surface area contributed by atoms with E-state index in [4.69, 9.17) is 9.84 Å². The predicted molar refractivity (Wildman–Crippen MR) is 105 cm³/mol. The van der Waals surface area contributed by atoms with Gasteiger partial charge in [0.2, 0.25) is 0 Å². The van der Waals surface area contributed by atoms with Gasteiger partial charge in [-0.25, -0.2) is 4.68 Å². The molecule has 0 spiro atoms. The highest BCUT2D eigenvalue weighted by molar-refractivity contribution is 5.82. The highest BCUT2D eigenvalue weighted by Gasteiger charge is 2.40. The number of hydrogen-bond donors (Lipinski definition) is 2. The Morgan fingerprint density at radius 1 is 1.30 bits per heavy atom. The van der Waals surface area contributed by atoms with Crippen LogP contribution in [-0.4, -0.2) is 39.1 Å². The smallest absolute Gasteiger partial charge is 0.471 e. The molecule has 2 atom stereocenters. The number of halogens is 3. The average Bonchev–Trinajstić information content (AvgIpc) is 3.14. The van der Waals surface area contributed by atoms with Gasteiger partial charge in [0.25, 0.3) is 0 Å². The number of hydrogen-bond acceptors (Lipinski definition) is 4. The number of ether oxygens (including phenoxy) is 1. The van der Waals surface area contributed by atoms with Crippen LogP contribution in [0.5, 0.6) is 5.75 Å². The van der Waals surface area contributed by atoms with Crippen LogP contribution in [0.1, 0.15) is 12.5 Å². The molecule has 1 heterocycles. The fraction of sp³-hybridized carbons (Fsp3) is 0.238. The minimum absolute atomic E-state index is 0.0485. The van der Waals surface area contributed by atoms with Crippen LogP contribution in [0.25, 0.3) is 16.6 Å². The summed E-state index contributed by atoms with van der Waals surface area (Å²) in [6.45, 7) is 4.93. The Balaban J connectivity index is 1.78. The average molecular weight is 419 g/mol. The number of amides is 1. The fourth-order valence-corrected chi connectivity index (χ4v) is 2.91. The number of aromatic nitrogens is 2. The molecule has 9 heteroatoms. The van der Waals surface area contributed by atoms with Crippen molar-refractivity contribution < 1.29 is 27.8 Å². The van der Waals surface area contributed by atoms with E-state index in [2.05, 4.69) is 11.7 Å². The quantitative estimate of drug-likeness (QED) is 0.575. The second-order valence-corrected chi connectivity index (χ2v) is 6.68. The second kappa shape index (κ2) is 8.58. The molecular formula is C21H20F3N3O3. The van der Waals surface area contributed by atoms with Crippen molar-refractivity contribution in [2.24, 2.45) is 0 Å². The molecule has 0 aliphatic carbocycles. The molecule has 30 heavy (non-hydrogen) atoms. The van der Waals surface area contributed by atoms with Crippen molar-refractivity contribution in [3.05, 3.63) is 66.9 Å². The predicted octanol–water partition coefficient (Wildman–Crippen LogP) is 3.52. The first-order valence-corrected chi connectivity index (χ1v) is 9.08. The van der Waals surface area contributed by atoms with Gasteiger partial charge in [0.15, 0.2) is 0 Å². The van der Waals surface area contributed by atoms with Gasteiger partial charge in [-0.15, -0.1) is 0 Å². The van der Waals surface area contributed by atoms with E-state index >= 15 is 0 Å². The van der Waals surface area contributed by atoms with E-state index in [0.717, 1.165) is 22.2 Å². The monoisotopic (exact) mass is 419 g/mol. The van der Waals surface area contributed by atoms with Crippen LogP contribution in [0.2, 0.25) is 0 Å². The Morgan fingerprint density at radius 3 is 2.60 bits per heavy atom. The van der Waals surface area contributed by atoms with Gasteiger partial charge in [-0.2, -0.15) is 18.3 Å². The first-order chi connectivity index (χ1) is 14.2. The third-order valence-corrected chi connectivity index (χ3v) is 4.52. The summed E-state index contributed by atoms with van der Waals surface area (Å²) in [6.07, 6.45) is -2.87. The number of aliphatic hydroxyl groups is 1. The summed E-state index contributed by atoms with van der Waals surface area (Å²) < 4.78 is 44.8. The van der Waals surface area contributed by atoms with Crippen molar-refractivity contribution >= 4 is 16.8 Å². The maximum absolute atomic E-state index is 12.5. The third kappa shape index (κ3) is 4.62. The normalized spacial score (nSPS) is 13.6. The zero-order chi connectivity index (χ0) is 21.9. The van der Waals surface area contributed by atoms with Gasteiger partial charge in [-0.05, 0) is 48.9 Å². The van der Waals surface area contributed by atoms with Gasteiger partial charge in [0.1, 0.15) is 11.9 Å². The van der Waals surface area contributed by atoms with Crippen LogP contribution in [0.15, 0.2) is 61.3 Å². The molecule has 2 aromatic carbocycles. The Morgan fingerprint density at radius 2 is 2.00 bits per heavy atom. The largest absolute Gasteiger partial charge is 0.484 e. The molecule has 3 rings (SSSR count). The van der Waals surface area contributed by atoms with Crippen LogP contribution in [0, 0.1) is 0 Å². The summed E-state index contributed by atoms with van der Waals surface area (Å²) in [4.78, 5) is 11.1. The first-order valence-electron chi connectivity index (χ1n) is 9.08. The molecule has 0 saturated carbocycles. The Hall–Kier alpha value is -3.33. The van der Waals surface area contributed by atoms with Crippen LogP contribution < -0.4 is 10.1 Å². The lowest BCUT2D eigenvalue weighted by Crippen LogP contribution is -2.48.